The van der Waals surface area contributed by atoms with Gasteiger partial charge < -0.3 is 4.42 Å². The third-order valence-corrected chi connectivity index (χ3v) is 5.30. The Morgan fingerprint density at radius 3 is 3.09 bits per heavy atom. The summed E-state index contributed by atoms with van der Waals surface area (Å²) in [4.78, 5) is 18.0. The second-order valence-electron chi connectivity index (χ2n) is 4.28. The average molecular weight is 348 g/mol. The van der Waals surface area contributed by atoms with E-state index in [9.17, 15) is 4.79 Å². The van der Waals surface area contributed by atoms with Crippen LogP contribution in [-0.4, -0.2) is 19.6 Å². The zero-order valence-corrected chi connectivity index (χ0v) is 13.5. The molecule has 0 radical (unpaired) electrons. The van der Waals surface area contributed by atoms with E-state index in [0.29, 0.717) is 27.5 Å². The van der Waals surface area contributed by atoms with Crippen molar-refractivity contribution in [3.05, 3.63) is 51.2 Å². The molecule has 9 heteroatoms. The van der Waals surface area contributed by atoms with Crippen LogP contribution in [0.5, 0.6) is 0 Å². The fourth-order valence-corrected chi connectivity index (χ4v) is 3.90. The number of rotatable bonds is 4. The highest BCUT2D eigenvalue weighted by Crippen LogP contribution is 2.27. The number of hydrogen-bond donors (Lipinski definition) is 0. The van der Waals surface area contributed by atoms with Crippen molar-refractivity contribution in [3.8, 4) is 10.8 Å². The minimum Gasteiger partial charge on any atom is -0.410 e. The van der Waals surface area contributed by atoms with Crippen LogP contribution in [0.2, 0.25) is 0 Å². The van der Waals surface area contributed by atoms with E-state index in [0.717, 1.165) is 4.88 Å². The molecule has 22 heavy (non-hydrogen) atoms. The lowest BCUT2D eigenvalue weighted by atomic mass is 10.4. The van der Waals surface area contributed by atoms with Gasteiger partial charge in [-0.05, 0) is 11.4 Å². The minimum absolute atomic E-state index is 0.0772. The Kier molecular flexibility index (Phi) is 3.53. The number of fused-ring (bicyclic) bond motifs is 1. The fraction of sp³-hybridized carbons (Fsp3) is 0.0769. The van der Waals surface area contributed by atoms with Crippen LogP contribution >= 0.6 is 34.4 Å². The highest BCUT2D eigenvalue weighted by atomic mass is 32.2. The van der Waals surface area contributed by atoms with Gasteiger partial charge in [-0.3, -0.25) is 9.20 Å². The molecular formula is C13H8N4O2S3. The molecule has 0 saturated heterocycles. The minimum atomic E-state index is -0.0772. The largest absolute Gasteiger partial charge is 0.410 e. The van der Waals surface area contributed by atoms with E-state index in [-0.39, 0.29) is 5.56 Å². The monoisotopic (exact) mass is 348 g/mol. The Labute approximate surface area is 136 Å². The van der Waals surface area contributed by atoms with E-state index in [2.05, 4.69) is 15.2 Å². The zero-order chi connectivity index (χ0) is 14.9. The molecule has 0 saturated carbocycles. The highest BCUT2D eigenvalue weighted by Gasteiger charge is 2.11. The summed E-state index contributed by atoms with van der Waals surface area (Å²) < 4.78 is 7.12. The summed E-state index contributed by atoms with van der Waals surface area (Å²) in [5.41, 5.74) is 0.625. The number of thiophene rings is 1. The number of hydrogen-bond acceptors (Lipinski definition) is 8. The topological polar surface area (TPSA) is 73.3 Å². The first kappa shape index (κ1) is 13.7. The molecule has 0 atom stereocenters. The number of nitrogens with zero attached hydrogens (tertiary/aromatic N) is 4. The first-order chi connectivity index (χ1) is 10.8. The summed E-state index contributed by atoms with van der Waals surface area (Å²) in [6.45, 7) is 0. The van der Waals surface area contributed by atoms with E-state index in [1.807, 2.05) is 22.9 Å². The molecule has 0 aliphatic carbocycles. The Morgan fingerprint density at radius 1 is 1.27 bits per heavy atom. The molecule has 0 aromatic carbocycles. The lowest BCUT2D eigenvalue weighted by Crippen LogP contribution is -2.12. The summed E-state index contributed by atoms with van der Waals surface area (Å²) in [7, 11) is 0. The van der Waals surface area contributed by atoms with Gasteiger partial charge in [0.15, 0.2) is 4.96 Å². The van der Waals surface area contributed by atoms with Crippen LogP contribution in [0.4, 0.5) is 0 Å². The third-order valence-electron chi connectivity index (χ3n) is 2.84. The predicted molar refractivity (Wildman–Crippen MR) is 86.5 cm³/mol. The van der Waals surface area contributed by atoms with Crippen molar-refractivity contribution in [1.29, 1.82) is 0 Å². The van der Waals surface area contributed by atoms with Crippen LogP contribution in [0.3, 0.4) is 0 Å². The van der Waals surface area contributed by atoms with Gasteiger partial charge >= 0.3 is 0 Å². The summed E-state index contributed by atoms with van der Waals surface area (Å²) in [5, 5.41) is 12.3. The van der Waals surface area contributed by atoms with Crippen LogP contribution in [-0.2, 0) is 5.75 Å². The number of thiazole rings is 1. The molecule has 0 aliphatic rings. The van der Waals surface area contributed by atoms with Gasteiger partial charge in [-0.1, -0.05) is 17.8 Å². The van der Waals surface area contributed by atoms with Crippen molar-refractivity contribution in [2.45, 2.75) is 11.0 Å². The van der Waals surface area contributed by atoms with Crippen LogP contribution in [0.1, 0.15) is 5.69 Å². The SMILES string of the molecule is O=c1cc(CSc2nnc(-c3cccs3)o2)nc2sccn12. The van der Waals surface area contributed by atoms with E-state index in [1.54, 1.807) is 17.5 Å². The standard InChI is InChI=1S/C13H8N4O2S3/c18-10-6-8(14-12-17(10)3-5-21-12)7-22-13-16-15-11(19-13)9-2-1-4-20-9/h1-6H,7H2. The Balaban J connectivity index is 1.53. The Hall–Kier alpha value is -1.97. The van der Waals surface area contributed by atoms with E-state index < -0.39 is 0 Å². The van der Waals surface area contributed by atoms with E-state index in [1.165, 1.54) is 33.6 Å². The second kappa shape index (κ2) is 5.67. The van der Waals surface area contributed by atoms with Crippen LogP contribution in [0.25, 0.3) is 15.7 Å². The maximum atomic E-state index is 11.9. The van der Waals surface area contributed by atoms with Gasteiger partial charge in [0, 0.05) is 23.4 Å². The molecule has 0 spiro atoms. The zero-order valence-electron chi connectivity index (χ0n) is 11.0. The van der Waals surface area contributed by atoms with Crippen molar-refractivity contribution >= 4 is 39.4 Å². The van der Waals surface area contributed by atoms with Gasteiger partial charge in [0.25, 0.3) is 16.7 Å². The number of aromatic nitrogens is 4. The van der Waals surface area contributed by atoms with Crippen molar-refractivity contribution in [2.24, 2.45) is 0 Å². The fourth-order valence-electron chi connectivity index (χ4n) is 1.87. The van der Waals surface area contributed by atoms with Gasteiger partial charge in [0.1, 0.15) is 0 Å². The first-order valence-corrected chi connectivity index (χ1v) is 9.00. The molecule has 0 N–H and O–H groups in total. The van der Waals surface area contributed by atoms with Crippen LogP contribution in [0.15, 0.2) is 49.6 Å². The van der Waals surface area contributed by atoms with Crippen molar-refractivity contribution in [1.82, 2.24) is 19.6 Å². The Morgan fingerprint density at radius 2 is 2.23 bits per heavy atom. The lowest BCUT2D eigenvalue weighted by molar-refractivity contribution is 0.466. The lowest BCUT2D eigenvalue weighted by Gasteiger charge is -1.98. The van der Waals surface area contributed by atoms with Gasteiger partial charge in [0.05, 0.1) is 10.6 Å². The molecular weight excluding hydrogens is 340 g/mol. The van der Waals surface area contributed by atoms with Crippen molar-refractivity contribution in [2.75, 3.05) is 0 Å². The smallest absolute Gasteiger partial charge is 0.277 e. The first-order valence-electron chi connectivity index (χ1n) is 6.25. The number of thioether (sulfide) groups is 1. The summed E-state index contributed by atoms with van der Waals surface area (Å²) in [6, 6.07) is 5.40. The van der Waals surface area contributed by atoms with Gasteiger partial charge in [-0.25, -0.2) is 4.98 Å². The third kappa shape index (κ3) is 2.58. The summed E-state index contributed by atoms with van der Waals surface area (Å²) >= 11 is 4.35. The molecule has 0 unspecified atom stereocenters. The molecule has 4 aromatic heterocycles. The maximum absolute atomic E-state index is 11.9. The predicted octanol–water partition coefficient (Wildman–Crippen LogP) is 3.16. The van der Waals surface area contributed by atoms with Crippen LogP contribution < -0.4 is 5.56 Å². The van der Waals surface area contributed by atoms with Crippen LogP contribution in [0, 0.1) is 0 Å². The molecule has 4 rings (SSSR count). The molecule has 4 aromatic rings. The van der Waals surface area contributed by atoms with Gasteiger partial charge in [-0.2, -0.15) is 0 Å². The molecule has 4 heterocycles. The Bertz CT molecular complexity index is 971. The summed E-state index contributed by atoms with van der Waals surface area (Å²) in [5.74, 6) is 1.02. The molecule has 6 nitrogen and oxygen atoms in total. The molecule has 0 aliphatic heterocycles. The molecule has 0 amide bonds. The normalized spacial score (nSPS) is 11.3. The van der Waals surface area contributed by atoms with Gasteiger partial charge in [0.2, 0.25) is 0 Å². The summed E-state index contributed by atoms with van der Waals surface area (Å²) in [6.07, 6.45) is 1.72. The molecule has 110 valence electrons. The maximum Gasteiger partial charge on any atom is 0.277 e. The van der Waals surface area contributed by atoms with Crippen molar-refractivity contribution in [3.63, 3.8) is 0 Å². The van der Waals surface area contributed by atoms with E-state index >= 15 is 0 Å². The van der Waals surface area contributed by atoms with Crippen molar-refractivity contribution < 1.29 is 4.42 Å². The highest BCUT2D eigenvalue weighted by molar-refractivity contribution is 7.98. The second-order valence-corrected chi connectivity index (χ2v) is 7.03. The molecule has 0 bridgehead atoms. The van der Waals surface area contributed by atoms with E-state index in [4.69, 9.17) is 4.42 Å². The average Bonchev–Trinajstić information content (AvgIpc) is 3.25. The molecule has 0 fully saturated rings. The van der Waals surface area contributed by atoms with Gasteiger partial charge in [-0.15, -0.1) is 32.9 Å². The quantitative estimate of drug-likeness (QED) is 0.528.